The summed E-state index contributed by atoms with van der Waals surface area (Å²) in [6.07, 6.45) is 1.75. The summed E-state index contributed by atoms with van der Waals surface area (Å²) < 4.78 is 12.3. The summed E-state index contributed by atoms with van der Waals surface area (Å²) in [7, 11) is 0. The van der Waals surface area contributed by atoms with E-state index in [4.69, 9.17) is 9.47 Å². The Kier molecular flexibility index (Phi) is 4.94. The molecule has 3 aromatic carbocycles. The van der Waals surface area contributed by atoms with E-state index in [0.717, 1.165) is 31.2 Å². The van der Waals surface area contributed by atoms with E-state index < -0.39 is 5.97 Å². The first-order chi connectivity index (χ1) is 13.2. The summed E-state index contributed by atoms with van der Waals surface area (Å²) in [4.78, 5) is 16.8. The summed E-state index contributed by atoms with van der Waals surface area (Å²) in [5.74, 6) is 0.578. The Morgan fingerprint density at radius 1 is 1.07 bits per heavy atom. The third kappa shape index (κ3) is 3.60. The standard InChI is InChI=1S/C22H16INO3/c1-2-26-20-12-9-14-5-3-4-6-17(14)18(20)13-19-22(25)27-21(24-19)15-7-10-16(23)11-8-15/h3-13H,2H2,1H3. The molecule has 134 valence electrons. The number of aliphatic imine (C=N–C) groups is 1. The number of hydrogen-bond donors (Lipinski definition) is 0. The first-order valence-corrected chi connectivity index (χ1v) is 9.66. The summed E-state index contributed by atoms with van der Waals surface area (Å²) in [6, 6.07) is 19.6. The molecule has 0 atom stereocenters. The summed E-state index contributed by atoms with van der Waals surface area (Å²) in [5.41, 5.74) is 1.87. The molecule has 4 rings (SSSR count). The molecule has 5 heteroatoms. The van der Waals surface area contributed by atoms with Gasteiger partial charge in [-0.3, -0.25) is 0 Å². The van der Waals surface area contributed by atoms with Crippen molar-refractivity contribution in [3.05, 3.63) is 81.1 Å². The van der Waals surface area contributed by atoms with Crippen molar-refractivity contribution in [2.45, 2.75) is 6.92 Å². The number of hydrogen-bond acceptors (Lipinski definition) is 4. The number of esters is 1. The zero-order chi connectivity index (χ0) is 18.8. The van der Waals surface area contributed by atoms with Gasteiger partial charge in [0.2, 0.25) is 5.90 Å². The molecule has 0 aromatic heterocycles. The minimum atomic E-state index is -0.459. The maximum absolute atomic E-state index is 12.4. The minimum absolute atomic E-state index is 0.265. The van der Waals surface area contributed by atoms with Crippen LogP contribution in [0.2, 0.25) is 0 Å². The van der Waals surface area contributed by atoms with Crippen LogP contribution in [0.15, 0.2) is 71.4 Å². The van der Waals surface area contributed by atoms with Crippen LogP contribution in [0.4, 0.5) is 0 Å². The van der Waals surface area contributed by atoms with Crippen LogP contribution in [0.1, 0.15) is 18.1 Å². The van der Waals surface area contributed by atoms with Gasteiger partial charge in [0.05, 0.1) is 6.61 Å². The van der Waals surface area contributed by atoms with Gasteiger partial charge in [0.15, 0.2) is 5.70 Å². The molecule has 0 radical (unpaired) electrons. The lowest BCUT2D eigenvalue weighted by Gasteiger charge is -2.10. The van der Waals surface area contributed by atoms with Gasteiger partial charge in [0.1, 0.15) is 5.75 Å². The van der Waals surface area contributed by atoms with E-state index in [9.17, 15) is 4.79 Å². The van der Waals surface area contributed by atoms with E-state index >= 15 is 0 Å². The van der Waals surface area contributed by atoms with Gasteiger partial charge in [0, 0.05) is 14.7 Å². The number of fused-ring (bicyclic) bond motifs is 1. The van der Waals surface area contributed by atoms with Gasteiger partial charge in [0.25, 0.3) is 0 Å². The SMILES string of the molecule is CCOc1ccc2ccccc2c1C=C1N=C(c2ccc(I)cc2)OC1=O. The van der Waals surface area contributed by atoms with Crippen molar-refractivity contribution >= 4 is 51.3 Å². The normalized spacial score (nSPS) is 15.1. The molecule has 0 N–H and O–H groups in total. The van der Waals surface area contributed by atoms with Crippen molar-refractivity contribution in [1.82, 2.24) is 0 Å². The van der Waals surface area contributed by atoms with Gasteiger partial charge in [-0.1, -0.05) is 30.3 Å². The quantitative estimate of drug-likeness (QED) is 0.300. The lowest BCUT2D eigenvalue weighted by atomic mass is 10.0. The van der Waals surface area contributed by atoms with E-state index in [1.165, 1.54) is 0 Å². The van der Waals surface area contributed by atoms with Gasteiger partial charge in [-0.25, -0.2) is 9.79 Å². The summed E-state index contributed by atoms with van der Waals surface area (Å²) in [5, 5.41) is 2.07. The lowest BCUT2D eigenvalue weighted by molar-refractivity contribution is -0.129. The van der Waals surface area contributed by atoms with E-state index in [1.807, 2.05) is 67.6 Å². The Balaban J connectivity index is 1.82. The van der Waals surface area contributed by atoms with Crippen molar-refractivity contribution in [2.75, 3.05) is 6.61 Å². The fourth-order valence-corrected chi connectivity index (χ4v) is 3.33. The second kappa shape index (κ2) is 7.52. The molecule has 0 amide bonds. The van der Waals surface area contributed by atoms with Crippen LogP contribution in [0.25, 0.3) is 16.8 Å². The molecule has 0 bridgehead atoms. The second-order valence-corrected chi connectivity index (χ2v) is 7.22. The zero-order valence-corrected chi connectivity index (χ0v) is 16.8. The molecule has 0 saturated carbocycles. The highest BCUT2D eigenvalue weighted by molar-refractivity contribution is 14.1. The second-order valence-electron chi connectivity index (χ2n) is 5.97. The number of ether oxygens (including phenoxy) is 2. The Morgan fingerprint density at radius 3 is 2.63 bits per heavy atom. The lowest BCUT2D eigenvalue weighted by Crippen LogP contribution is -2.05. The predicted molar refractivity (Wildman–Crippen MR) is 115 cm³/mol. The van der Waals surface area contributed by atoms with Gasteiger partial charge in [-0.05, 0) is 76.7 Å². The molecule has 1 heterocycles. The summed E-state index contributed by atoms with van der Waals surface area (Å²) in [6.45, 7) is 2.47. The van der Waals surface area contributed by atoms with Crippen LogP contribution in [0.5, 0.6) is 5.75 Å². The average Bonchev–Trinajstić information content (AvgIpc) is 3.05. The fourth-order valence-electron chi connectivity index (χ4n) is 2.97. The fraction of sp³-hybridized carbons (Fsp3) is 0.0909. The monoisotopic (exact) mass is 469 g/mol. The smallest absolute Gasteiger partial charge is 0.363 e. The molecule has 0 saturated heterocycles. The summed E-state index contributed by atoms with van der Waals surface area (Å²) >= 11 is 2.23. The molecular weight excluding hydrogens is 453 g/mol. The van der Waals surface area contributed by atoms with E-state index in [1.54, 1.807) is 6.08 Å². The Morgan fingerprint density at radius 2 is 1.85 bits per heavy atom. The first-order valence-electron chi connectivity index (χ1n) is 8.59. The number of cyclic esters (lactones) is 1. The molecule has 0 fully saturated rings. The van der Waals surface area contributed by atoms with Gasteiger partial charge in [-0.15, -0.1) is 0 Å². The number of rotatable bonds is 4. The average molecular weight is 469 g/mol. The number of nitrogens with zero attached hydrogens (tertiary/aromatic N) is 1. The van der Waals surface area contributed by atoms with Crippen molar-refractivity contribution < 1.29 is 14.3 Å². The van der Waals surface area contributed by atoms with Crippen LogP contribution in [-0.4, -0.2) is 18.5 Å². The molecule has 0 aliphatic carbocycles. The Hall–Kier alpha value is -2.67. The Bertz CT molecular complexity index is 1080. The number of carbonyl (C=O) groups excluding carboxylic acids is 1. The van der Waals surface area contributed by atoms with Crippen molar-refractivity contribution in [2.24, 2.45) is 4.99 Å². The minimum Gasteiger partial charge on any atom is -0.493 e. The maximum Gasteiger partial charge on any atom is 0.363 e. The van der Waals surface area contributed by atoms with Gasteiger partial charge in [-0.2, -0.15) is 0 Å². The highest BCUT2D eigenvalue weighted by Crippen LogP contribution is 2.31. The number of halogens is 1. The molecule has 27 heavy (non-hydrogen) atoms. The first kappa shape index (κ1) is 17.7. The third-order valence-electron chi connectivity index (χ3n) is 4.22. The van der Waals surface area contributed by atoms with E-state index in [2.05, 4.69) is 27.6 Å². The topological polar surface area (TPSA) is 47.9 Å². The predicted octanol–water partition coefficient (Wildman–Crippen LogP) is 5.19. The number of carbonyl (C=O) groups is 1. The molecular formula is C22H16INO3. The molecule has 0 unspecified atom stereocenters. The molecule has 4 nitrogen and oxygen atoms in total. The third-order valence-corrected chi connectivity index (χ3v) is 4.94. The highest BCUT2D eigenvalue weighted by Gasteiger charge is 2.25. The molecule has 1 aliphatic heterocycles. The molecule has 1 aliphatic rings. The molecule has 0 spiro atoms. The molecule has 3 aromatic rings. The van der Waals surface area contributed by atoms with Gasteiger partial charge >= 0.3 is 5.97 Å². The highest BCUT2D eigenvalue weighted by atomic mass is 127. The van der Waals surface area contributed by atoms with Crippen molar-refractivity contribution in [3.63, 3.8) is 0 Å². The van der Waals surface area contributed by atoms with Crippen molar-refractivity contribution in [3.8, 4) is 5.75 Å². The largest absolute Gasteiger partial charge is 0.493 e. The van der Waals surface area contributed by atoms with Gasteiger partial charge < -0.3 is 9.47 Å². The van der Waals surface area contributed by atoms with Crippen LogP contribution in [-0.2, 0) is 9.53 Å². The zero-order valence-electron chi connectivity index (χ0n) is 14.6. The van der Waals surface area contributed by atoms with E-state index in [-0.39, 0.29) is 5.70 Å². The number of benzene rings is 3. The van der Waals surface area contributed by atoms with Crippen LogP contribution in [0, 0.1) is 3.57 Å². The van der Waals surface area contributed by atoms with Crippen LogP contribution >= 0.6 is 22.6 Å². The van der Waals surface area contributed by atoms with Crippen molar-refractivity contribution in [1.29, 1.82) is 0 Å². The maximum atomic E-state index is 12.4. The van der Waals surface area contributed by atoms with Crippen LogP contribution < -0.4 is 4.74 Å². The van der Waals surface area contributed by atoms with E-state index in [0.29, 0.717) is 12.5 Å². The Labute approximate surface area is 170 Å². The van der Waals surface area contributed by atoms with Crippen LogP contribution in [0.3, 0.4) is 0 Å².